The number of benzene rings is 3. The smallest absolute Gasteiger partial charge is 0.162 e. The van der Waals surface area contributed by atoms with Crippen LogP contribution in [0.5, 0.6) is 0 Å². The van der Waals surface area contributed by atoms with Crippen LogP contribution in [-0.2, 0) is 36.7 Å². The Morgan fingerprint density at radius 1 is 0.941 bits per heavy atom. The molecule has 3 aromatic carbocycles. The molecule has 0 atom stereocenters. The zero-order chi connectivity index (χ0) is 38.4. The molecule has 1 N–H and O–H groups in total. The van der Waals surface area contributed by atoms with Crippen molar-refractivity contribution in [2.24, 2.45) is 17.3 Å². The number of hydrogen-bond acceptors (Lipinski definition) is 4. The van der Waals surface area contributed by atoms with E-state index in [0.717, 1.165) is 58.8 Å². The summed E-state index contributed by atoms with van der Waals surface area (Å²) in [4.78, 5) is 16.4. The first-order valence-electron chi connectivity index (χ1n) is 19.0. The molecule has 0 saturated carbocycles. The number of aromatic nitrogens is 1. The Kier molecular flexibility index (Phi) is 13.8. The first-order valence-corrected chi connectivity index (χ1v) is 18.0. The Balaban J connectivity index is 0.000000403. The molecule has 0 aliphatic heterocycles. The van der Waals surface area contributed by atoms with Gasteiger partial charge in [-0.1, -0.05) is 116 Å². The van der Waals surface area contributed by atoms with Gasteiger partial charge in [0.2, 0.25) is 0 Å². The second kappa shape index (κ2) is 18.2. The quantitative estimate of drug-likeness (QED) is 0.0771. The van der Waals surface area contributed by atoms with Crippen molar-refractivity contribution in [2.45, 2.75) is 99.8 Å². The van der Waals surface area contributed by atoms with E-state index in [-0.39, 0.29) is 48.9 Å². The summed E-state index contributed by atoms with van der Waals surface area (Å²) < 4.78 is 35.3. The van der Waals surface area contributed by atoms with E-state index < -0.39 is 12.0 Å². The number of alkyl halides is 1. The normalized spacial score (nSPS) is 13.1. The minimum Gasteiger partial charge on any atom is -0.512 e. The predicted octanol–water partition coefficient (Wildman–Crippen LogP) is 12.8. The molecule has 0 spiro atoms. The standard InChI is InChI=1S/C32H31FNO.C13H24O2.Ir/c1-31(2,3)27-17-25(16-23-8-6-7-9-26(23)27)29-30-24(14-15-34-29)18-28(35-30)22-12-10-21(11-13-22)19-32(4,5)20-33;1-5-10(6-2)12(14)9-13(15)11(7-3)8-4;/h6-15,17-18H,19-20H2,1-5H3;9-11,14H,5-8H2,1-4H3;/q-1;;/b;12-9-;/i20D2;;. The number of fused-ring (bicyclic) bond motifs is 2. The zero-order valence-electron chi connectivity index (χ0n) is 33.6. The summed E-state index contributed by atoms with van der Waals surface area (Å²) >= 11 is 0. The van der Waals surface area contributed by atoms with Crippen LogP contribution in [-0.4, -0.2) is 22.5 Å². The summed E-state index contributed by atoms with van der Waals surface area (Å²) in [5.74, 6) is 1.26. The molecule has 51 heavy (non-hydrogen) atoms. The van der Waals surface area contributed by atoms with Crippen molar-refractivity contribution < 1.29 is 41.6 Å². The number of ketones is 1. The van der Waals surface area contributed by atoms with Crippen LogP contribution in [0.1, 0.15) is 102 Å². The summed E-state index contributed by atoms with van der Waals surface area (Å²) in [5.41, 5.74) is 4.18. The van der Waals surface area contributed by atoms with E-state index in [1.807, 2.05) is 70.2 Å². The molecule has 1 radical (unpaired) electrons. The first-order chi connectivity index (χ1) is 24.4. The Labute approximate surface area is 321 Å². The number of carbonyl (C=O) groups is 1. The topological polar surface area (TPSA) is 63.3 Å². The molecule has 5 rings (SSSR count). The molecule has 4 nitrogen and oxygen atoms in total. The molecule has 0 fully saturated rings. The molecule has 0 aliphatic rings. The fraction of sp³-hybridized carbons (Fsp3) is 0.422. The van der Waals surface area contributed by atoms with Crippen molar-refractivity contribution in [2.75, 3.05) is 6.63 Å². The van der Waals surface area contributed by atoms with Crippen LogP contribution in [0.4, 0.5) is 4.39 Å². The molecule has 0 bridgehead atoms. The van der Waals surface area contributed by atoms with E-state index in [9.17, 15) is 14.3 Å². The largest absolute Gasteiger partial charge is 0.512 e. The molecule has 5 aromatic rings. The van der Waals surface area contributed by atoms with Crippen LogP contribution in [0.3, 0.4) is 0 Å². The fourth-order valence-corrected chi connectivity index (χ4v) is 6.39. The number of furan rings is 1. The average Bonchev–Trinajstić information content (AvgIpc) is 3.53. The van der Waals surface area contributed by atoms with E-state index in [1.165, 1.54) is 17.0 Å². The number of hydrogen-bond donors (Lipinski definition) is 1. The maximum atomic E-state index is 14.0. The SMILES string of the molecule is CCC(CC)C(=O)/C=C(\O)C(CC)CC.[2H]C([2H])(F)C(C)(C)Cc1ccc(-c2cc3ccnc(-c4[c-]c5ccccc5c(C(C)(C)C)c4)c3o2)cc1.[Ir]. The maximum absolute atomic E-state index is 14.0. The Bertz CT molecular complexity index is 2000. The van der Waals surface area contributed by atoms with Crippen LogP contribution >= 0.6 is 0 Å². The van der Waals surface area contributed by atoms with Gasteiger partial charge in [0.1, 0.15) is 11.3 Å². The number of halogens is 1. The third kappa shape index (κ3) is 10.5. The molecule has 0 aliphatic carbocycles. The minimum atomic E-state index is -2.76. The van der Waals surface area contributed by atoms with Gasteiger partial charge in [-0.2, -0.15) is 0 Å². The Morgan fingerprint density at radius 3 is 2.16 bits per heavy atom. The summed E-state index contributed by atoms with van der Waals surface area (Å²) in [6.45, 7) is 15.1. The zero-order valence-corrected chi connectivity index (χ0v) is 34.0. The molecule has 275 valence electrons. The van der Waals surface area contributed by atoms with Crippen molar-refractivity contribution in [3.05, 3.63) is 102 Å². The van der Waals surface area contributed by atoms with Crippen LogP contribution in [0, 0.1) is 23.3 Å². The second-order valence-electron chi connectivity index (χ2n) is 14.9. The van der Waals surface area contributed by atoms with E-state index in [1.54, 1.807) is 20.0 Å². The third-order valence-electron chi connectivity index (χ3n) is 9.49. The molecule has 0 saturated heterocycles. The van der Waals surface area contributed by atoms with Gasteiger partial charge in [0.05, 0.1) is 15.1 Å². The monoisotopic (exact) mass is 871 g/mol. The number of carbonyl (C=O) groups excluding carboxylic acids is 1. The fourth-order valence-electron chi connectivity index (χ4n) is 6.39. The van der Waals surface area contributed by atoms with Crippen LogP contribution in [0.2, 0.25) is 0 Å². The average molecular weight is 871 g/mol. The number of nitrogens with zero attached hydrogens (tertiary/aromatic N) is 1. The van der Waals surface area contributed by atoms with Crippen LogP contribution in [0.15, 0.2) is 89.2 Å². The second-order valence-corrected chi connectivity index (χ2v) is 14.9. The molecule has 0 unspecified atom stereocenters. The molecule has 2 heterocycles. The van der Waals surface area contributed by atoms with E-state index >= 15 is 0 Å². The third-order valence-corrected chi connectivity index (χ3v) is 9.49. The van der Waals surface area contributed by atoms with Gasteiger partial charge in [0.15, 0.2) is 5.78 Å². The van der Waals surface area contributed by atoms with Crippen molar-refractivity contribution in [1.82, 2.24) is 4.98 Å². The van der Waals surface area contributed by atoms with Crippen molar-refractivity contribution in [1.29, 1.82) is 0 Å². The van der Waals surface area contributed by atoms with Gasteiger partial charge >= 0.3 is 0 Å². The number of pyridine rings is 1. The van der Waals surface area contributed by atoms with Crippen molar-refractivity contribution >= 4 is 27.5 Å². The minimum absolute atomic E-state index is 0. The van der Waals surface area contributed by atoms with Crippen LogP contribution in [0.25, 0.3) is 44.3 Å². The van der Waals surface area contributed by atoms with Gasteiger partial charge in [-0.3, -0.25) is 14.2 Å². The Hall–Kier alpha value is -3.60. The van der Waals surface area contributed by atoms with Gasteiger partial charge < -0.3 is 9.52 Å². The van der Waals surface area contributed by atoms with Gasteiger partial charge in [0.25, 0.3) is 0 Å². The van der Waals surface area contributed by atoms with Crippen LogP contribution < -0.4 is 0 Å². The molecular formula is C45H55FIrNO3-. The van der Waals surface area contributed by atoms with Crippen molar-refractivity contribution in [3.8, 4) is 22.6 Å². The number of allylic oxidation sites excluding steroid dienone is 2. The number of aliphatic hydroxyl groups is 1. The predicted molar refractivity (Wildman–Crippen MR) is 207 cm³/mol. The Morgan fingerprint density at radius 2 is 1.57 bits per heavy atom. The first kappa shape index (κ1) is 38.6. The molecular weight excluding hydrogens is 814 g/mol. The van der Waals surface area contributed by atoms with Gasteiger partial charge in [-0.05, 0) is 60.6 Å². The number of rotatable bonds is 12. The molecule has 0 amide bonds. The summed E-state index contributed by atoms with van der Waals surface area (Å²) in [7, 11) is 0. The summed E-state index contributed by atoms with van der Waals surface area (Å²) in [5, 5.41) is 13.0. The number of aliphatic hydroxyl groups excluding tert-OH is 1. The van der Waals surface area contributed by atoms with Gasteiger partial charge in [0, 0.05) is 60.9 Å². The van der Waals surface area contributed by atoms with E-state index in [2.05, 4.69) is 51.1 Å². The molecule has 2 aromatic heterocycles. The van der Waals surface area contributed by atoms with E-state index in [4.69, 9.17) is 12.1 Å². The van der Waals surface area contributed by atoms with Crippen molar-refractivity contribution in [3.63, 3.8) is 0 Å². The van der Waals surface area contributed by atoms with Gasteiger partial charge in [-0.15, -0.1) is 29.1 Å². The summed E-state index contributed by atoms with van der Waals surface area (Å²) in [6, 6.07) is 25.7. The summed E-state index contributed by atoms with van der Waals surface area (Å²) in [6.07, 6.45) is 7.00. The van der Waals surface area contributed by atoms with E-state index in [0.29, 0.717) is 17.8 Å². The molecule has 6 heteroatoms. The maximum Gasteiger partial charge on any atom is 0.162 e. The van der Waals surface area contributed by atoms with Gasteiger partial charge in [-0.25, -0.2) is 0 Å².